The van der Waals surface area contributed by atoms with E-state index in [1.165, 1.54) is 12.1 Å². The second kappa shape index (κ2) is 6.20. The lowest BCUT2D eigenvalue weighted by atomic mass is 10.3. The molecular formula is C15H15FO3. The average molecular weight is 262 g/mol. The van der Waals surface area contributed by atoms with Gasteiger partial charge in [-0.2, -0.15) is 0 Å². The van der Waals surface area contributed by atoms with Crippen molar-refractivity contribution in [2.45, 2.75) is 13.0 Å². The fraction of sp³-hybridized carbons (Fsp3) is 0.200. The molecule has 0 bridgehead atoms. The normalized spacial score (nSPS) is 11.9. The summed E-state index contributed by atoms with van der Waals surface area (Å²) in [5.41, 5.74) is 0. The minimum atomic E-state index is -0.504. The number of benzene rings is 2. The second-order valence-corrected chi connectivity index (χ2v) is 4.19. The zero-order valence-corrected chi connectivity index (χ0v) is 10.5. The van der Waals surface area contributed by atoms with Crippen LogP contribution in [0.4, 0.5) is 4.39 Å². The molecule has 3 nitrogen and oxygen atoms in total. The number of aliphatic hydroxyl groups is 1. The van der Waals surface area contributed by atoms with Gasteiger partial charge in [-0.3, -0.25) is 0 Å². The molecule has 0 aliphatic rings. The summed E-state index contributed by atoms with van der Waals surface area (Å²) < 4.78 is 23.6. The first-order valence-electron chi connectivity index (χ1n) is 5.98. The molecule has 100 valence electrons. The Morgan fingerprint density at radius 3 is 1.95 bits per heavy atom. The van der Waals surface area contributed by atoms with Crippen LogP contribution in [0.15, 0.2) is 48.5 Å². The molecule has 0 heterocycles. The molecule has 0 radical (unpaired) electrons. The predicted octanol–water partition coefficient (Wildman–Crippen LogP) is 3.38. The largest absolute Gasteiger partial charge is 0.491 e. The smallest absolute Gasteiger partial charge is 0.127 e. The Hall–Kier alpha value is -2.07. The van der Waals surface area contributed by atoms with E-state index in [-0.39, 0.29) is 12.4 Å². The molecule has 2 rings (SSSR count). The Morgan fingerprint density at radius 2 is 1.42 bits per heavy atom. The number of rotatable bonds is 5. The zero-order valence-electron chi connectivity index (χ0n) is 10.5. The van der Waals surface area contributed by atoms with Gasteiger partial charge in [-0.25, -0.2) is 4.39 Å². The Balaban J connectivity index is 1.96. The van der Waals surface area contributed by atoms with Crippen molar-refractivity contribution in [1.82, 2.24) is 0 Å². The van der Waals surface area contributed by atoms with Crippen LogP contribution >= 0.6 is 0 Å². The van der Waals surface area contributed by atoms with Crippen LogP contribution in [0.5, 0.6) is 17.2 Å². The Bertz CT molecular complexity index is 506. The molecule has 0 saturated heterocycles. The first kappa shape index (κ1) is 13.4. The predicted molar refractivity (Wildman–Crippen MR) is 70.1 cm³/mol. The highest BCUT2D eigenvalue weighted by Crippen LogP contribution is 2.23. The van der Waals surface area contributed by atoms with Gasteiger partial charge in [0.15, 0.2) is 0 Å². The van der Waals surface area contributed by atoms with Crippen molar-refractivity contribution in [3.63, 3.8) is 0 Å². The van der Waals surface area contributed by atoms with Gasteiger partial charge in [-0.1, -0.05) is 0 Å². The van der Waals surface area contributed by atoms with Gasteiger partial charge in [0, 0.05) is 0 Å². The van der Waals surface area contributed by atoms with Crippen LogP contribution in [0.2, 0.25) is 0 Å². The summed E-state index contributed by atoms with van der Waals surface area (Å²) in [7, 11) is 0. The summed E-state index contributed by atoms with van der Waals surface area (Å²) in [6.07, 6.45) is -0.504. The fourth-order valence-electron chi connectivity index (χ4n) is 1.46. The summed E-state index contributed by atoms with van der Waals surface area (Å²) in [4.78, 5) is 0. The van der Waals surface area contributed by atoms with Crippen LogP contribution < -0.4 is 9.47 Å². The first-order valence-corrected chi connectivity index (χ1v) is 5.98. The minimum absolute atomic E-state index is 0.248. The molecule has 19 heavy (non-hydrogen) atoms. The fourth-order valence-corrected chi connectivity index (χ4v) is 1.46. The maximum atomic E-state index is 12.7. The van der Waals surface area contributed by atoms with Gasteiger partial charge >= 0.3 is 0 Å². The van der Waals surface area contributed by atoms with E-state index in [2.05, 4.69) is 0 Å². The van der Waals surface area contributed by atoms with E-state index in [1.807, 2.05) is 0 Å². The minimum Gasteiger partial charge on any atom is -0.491 e. The van der Waals surface area contributed by atoms with Crippen molar-refractivity contribution in [3.8, 4) is 17.2 Å². The van der Waals surface area contributed by atoms with Gasteiger partial charge in [-0.05, 0) is 55.5 Å². The molecular weight excluding hydrogens is 247 g/mol. The van der Waals surface area contributed by atoms with E-state index in [1.54, 1.807) is 43.3 Å². The SMILES string of the molecule is CC(O)COc1ccc(Oc2ccc(F)cc2)cc1. The molecule has 0 spiro atoms. The Kier molecular flexibility index (Phi) is 4.36. The molecule has 0 aliphatic heterocycles. The molecule has 1 atom stereocenters. The van der Waals surface area contributed by atoms with E-state index < -0.39 is 6.10 Å². The molecule has 0 saturated carbocycles. The van der Waals surface area contributed by atoms with E-state index in [4.69, 9.17) is 14.6 Å². The van der Waals surface area contributed by atoms with Crippen molar-refractivity contribution in [2.24, 2.45) is 0 Å². The topological polar surface area (TPSA) is 38.7 Å². The lowest BCUT2D eigenvalue weighted by Crippen LogP contribution is -2.12. The molecule has 2 aromatic carbocycles. The third kappa shape index (κ3) is 4.26. The number of hydrogen-bond acceptors (Lipinski definition) is 3. The number of aliphatic hydroxyl groups excluding tert-OH is 1. The van der Waals surface area contributed by atoms with Crippen molar-refractivity contribution in [3.05, 3.63) is 54.3 Å². The summed E-state index contributed by atoms with van der Waals surface area (Å²) in [5.74, 6) is 1.57. The van der Waals surface area contributed by atoms with Crippen LogP contribution in [0, 0.1) is 5.82 Å². The molecule has 2 aromatic rings. The number of ether oxygens (including phenoxy) is 2. The van der Waals surface area contributed by atoms with Crippen LogP contribution in [-0.2, 0) is 0 Å². The van der Waals surface area contributed by atoms with Crippen LogP contribution in [0.1, 0.15) is 6.92 Å². The van der Waals surface area contributed by atoms with Gasteiger partial charge in [0.2, 0.25) is 0 Å². The van der Waals surface area contributed by atoms with Gasteiger partial charge < -0.3 is 14.6 Å². The summed E-state index contributed by atoms with van der Waals surface area (Å²) in [6.45, 7) is 1.91. The highest BCUT2D eigenvalue weighted by Gasteiger charge is 2.00. The number of hydrogen-bond donors (Lipinski definition) is 1. The lowest BCUT2D eigenvalue weighted by Gasteiger charge is -2.09. The number of halogens is 1. The van der Waals surface area contributed by atoms with Gasteiger partial charge in [0.25, 0.3) is 0 Å². The van der Waals surface area contributed by atoms with Gasteiger partial charge in [-0.15, -0.1) is 0 Å². The molecule has 0 amide bonds. The van der Waals surface area contributed by atoms with Crippen molar-refractivity contribution >= 4 is 0 Å². The van der Waals surface area contributed by atoms with E-state index in [0.29, 0.717) is 17.2 Å². The molecule has 0 fully saturated rings. The van der Waals surface area contributed by atoms with Crippen molar-refractivity contribution in [1.29, 1.82) is 0 Å². The van der Waals surface area contributed by atoms with Gasteiger partial charge in [0.05, 0.1) is 6.10 Å². The van der Waals surface area contributed by atoms with Crippen molar-refractivity contribution < 1.29 is 19.0 Å². The van der Waals surface area contributed by atoms with Crippen LogP contribution in [0.3, 0.4) is 0 Å². The maximum absolute atomic E-state index is 12.7. The summed E-state index contributed by atoms with van der Waals surface area (Å²) >= 11 is 0. The van der Waals surface area contributed by atoms with E-state index in [0.717, 1.165) is 0 Å². The molecule has 4 heteroatoms. The van der Waals surface area contributed by atoms with E-state index in [9.17, 15) is 4.39 Å². The van der Waals surface area contributed by atoms with E-state index >= 15 is 0 Å². The highest BCUT2D eigenvalue weighted by atomic mass is 19.1. The Labute approximate surface area is 111 Å². The van der Waals surface area contributed by atoms with Crippen LogP contribution in [-0.4, -0.2) is 17.8 Å². The first-order chi connectivity index (χ1) is 9.13. The van der Waals surface area contributed by atoms with Crippen LogP contribution in [0.25, 0.3) is 0 Å². The summed E-state index contributed by atoms with van der Waals surface area (Å²) in [6, 6.07) is 12.8. The highest BCUT2D eigenvalue weighted by molar-refractivity contribution is 5.35. The third-order valence-corrected chi connectivity index (χ3v) is 2.36. The zero-order chi connectivity index (χ0) is 13.7. The monoisotopic (exact) mass is 262 g/mol. The molecule has 0 aliphatic carbocycles. The lowest BCUT2D eigenvalue weighted by molar-refractivity contribution is 0.122. The molecule has 0 aromatic heterocycles. The average Bonchev–Trinajstić information content (AvgIpc) is 2.40. The Morgan fingerprint density at radius 1 is 0.947 bits per heavy atom. The second-order valence-electron chi connectivity index (χ2n) is 4.19. The standard InChI is InChI=1S/C15H15FO3/c1-11(17)10-18-13-6-8-15(9-7-13)19-14-4-2-12(16)3-5-14/h2-9,11,17H,10H2,1H3. The van der Waals surface area contributed by atoms with Crippen molar-refractivity contribution in [2.75, 3.05) is 6.61 Å². The van der Waals surface area contributed by atoms with Gasteiger partial charge in [0.1, 0.15) is 29.7 Å². The quantitative estimate of drug-likeness (QED) is 0.897. The molecule has 1 N–H and O–H groups in total. The third-order valence-electron chi connectivity index (χ3n) is 2.36. The maximum Gasteiger partial charge on any atom is 0.127 e. The summed E-state index contributed by atoms with van der Waals surface area (Å²) in [5, 5.41) is 9.11. The molecule has 1 unspecified atom stereocenters.